The van der Waals surface area contributed by atoms with Crippen LogP contribution in [0.1, 0.15) is 35.7 Å². The molecular formula is C15H18N2. The molecule has 1 aromatic carbocycles. The van der Waals surface area contributed by atoms with E-state index in [0.717, 1.165) is 24.8 Å². The Morgan fingerprint density at radius 1 is 1.29 bits per heavy atom. The second-order valence-electron chi connectivity index (χ2n) is 4.78. The van der Waals surface area contributed by atoms with Crippen LogP contribution >= 0.6 is 0 Å². The molecule has 0 radical (unpaired) electrons. The lowest BCUT2D eigenvalue weighted by atomic mass is 9.99. The molecule has 0 aliphatic heterocycles. The Hall–Kier alpha value is -1.41. The zero-order chi connectivity index (χ0) is 11.8. The summed E-state index contributed by atoms with van der Waals surface area (Å²) in [7, 11) is 0. The first-order chi connectivity index (χ1) is 8.33. The molecule has 88 valence electrons. The Kier molecular flexibility index (Phi) is 2.60. The quantitative estimate of drug-likeness (QED) is 0.855. The summed E-state index contributed by atoms with van der Waals surface area (Å²) in [6, 6.07) is 6.59. The molecule has 0 unspecified atom stereocenters. The fraction of sp³-hybridized carbons (Fsp3) is 0.400. The number of fused-ring (bicyclic) bond motifs is 2. The van der Waals surface area contributed by atoms with Crippen LogP contribution in [0.25, 0.3) is 10.9 Å². The fourth-order valence-corrected chi connectivity index (χ4v) is 2.86. The van der Waals surface area contributed by atoms with Gasteiger partial charge in [-0.3, -0.25) is 4.98 Å². The van der Waals surface area contributed by atoms with Gasteiger partial charge in [0, 0.05) is 17.6 Å². The van der Waals surface area contributed by atoms with Crippen LogP contribution in [-0.2, 0) is 25.8 Å². The highest BCUT2D eigenvalue weighted by molar-refractivity contribution is 5.84. The minimum atomic E-state index is 0.633. The summed E-state index contributed by atoms with van der Waals surface area (Å²) >= 11 is 0. The molecule has 3 rings (SSSR count). The van der Waals surface area contributed by atoms with Crippen molar-refractivity contribution in [2.75, 3.05) is 0 Å². The number of aromatic nitrogens is 1. The largest absolute Gasteiger partial charge is 0.326 e. The molecule has 1 aromatic heterocycles. The van der Waals surface area contributed by atoms with E-state index < -0.39 is 0 Å². The zero-order valence-corrected chi connectivity index (χ0v) is 10.3. The SMILES string of the molecule is CCc1ccc2nc3c(c(CN)c2c1)CCC3. The number of nitrogens with zero attached hydrogens (tertiary/aromatic N) is 1. The Morgan fingerprint density at radius 3 is 2.94 bits per heavy atom. The second-order valence-corrected chi connectivity index (χ2v) is 4.78. The summed E-state index contributed by atoms with van der Waals surface area (Å²) < 4.78 is 0. The number of hydrogen-bond acceptors (Lipinski definition) is 2. The van der Waals surface area contributed by atoms with E-state index in [9.17, 15) is 0 Å². The van der Waals surface area contributed by atoms with Crippen LogP contribution in [0.5, 0.6) is 0 Å². The molecule has 0 atom stereocenters. The summed E-state index contributed by atoms with van der Waals surface area (Å²) in [5, 5.41) is 1.27. The summed E-state index contributed by atoms with van der Waals surface area (Å²) in [6.45, 7) is 2.82. The highest BCUT2D eigenvalue weighted by Gasteiger charge is 2.18. The number of pyridine rings is 1. The molecule has 2 heteroatoms. The number of nitrogens with two attached hydrogens (primary N) is 1. The number of aryl methyl sites for hydroxylation is 2. The predicted octanol–water partition coefficient (Wildman–Crippen LogP) is 2.74. The third-order valence-corrected chi connectivity index (χ3v) is 3.81. The van der Waals surface area contributed by atoms with Gasteiger partial charge in [0.2, 0.25) is 0 Å². The Morgan fingerprint density at radius 2 is 2.18 bits per heavy atom. The van der Waals surface area contributed by atoms with E-state index in [1.165, 1.54) is 34.2 Å². The molecule has 0 saturated carbocycles. The van der Waals surface area contributed by atoms with E-state index in [-0.39, 0.29) is 0 Å². The highest BCUT2D eigenvalue weighted by Crippen LogP contribution is 2.30. The first-order valence-electron chi connectivity index (χ1n) is 6.46. The van der Waals surface area contributed by atoms with Gasteiger partial charge in [0.25, 0.3) is 0 Å². The van der Waals surface area contributed by atoms with E-state index in [1.807, 2.05) is 0 Å². The lowest BCUT2D eigenvalue weighted by Gasteiger charge is -2.11. The van der Waals surface area contributed by atoms with Crippen molar-refractivity contribution >= 4 is 10.9 Å². The first kappa shape index (κ1) is 10.7. The molecule has 0 saturated heterocycles. The first-order valence-corrected chi connectivity index (χ1v) is 6.46. The van der Waals surface area contributed by atoms with Gasteiger partial charge < -0.3 is 5.73 Å². The van der Waals surface area contributed by atoms with E-state index >= 15 is 0 Å². The Balaban J connectivity index is 2.33. The minimum absolute atomic E-state index is 0.633. The van der Waals surface area contributed by atoms with Crippen LogP contribution in [0.3, 0.4) is 0 Å². The Labute approximate surface area is 102 Å². The van der Waals surface area contributed by atoms with Crippen LogP contribution in [0.15, 0.2) is 18.2 Å². The predicted molar refractivity (Wildman–Crippen MR) is 71.0 cm³/mol. The summed E-state index contributed by atoms with van der Waals surface area (Å²) in [4.78, 5) is 4.78. The summed E-state index contributed by atoms with van der Waals surface area (Å²) in [6.07, 6.45) is 4.57. The van der Waals surface area contributed by atoms with Crippen LogP contribution in [-0.4, -0.2) is 4.98 Å². The molecule has 1 heterocycles. The van der Waals surface area contributed by atoms with Gasteiger partial charge in [-0.05, 0) is 54.5 Å². The van der Waals surface area contributed by atoms with Gasteiger partial charge in [-0.25, -0.2) is 0 Å². The highest BCUT2D eigenvalue weighted by atomic mass is 14.7. The topological polar surface area (TPSA) is 38.9 Å². The van der Waals surface area contributed by atoms with E-state index in [1.54, 1.807) is 0 Å². The molecule has 2 aromatic rings. The third-order valence-electron chi connectivity index (χ3n) is 3.81. The van der Waals surface area contributed by atoms with Crippen LogP contribution in [0, 0.1) is 0 Å². The maximum atomic E-state index is 5.95. The van der Waals surface area contributed by atoms with Crippen molar-refractivity contribution in [1.29, 1.82) is 0 Å². The molecule has 0 bridgehead atoms. The van der Waals surface area contributed by atoms with Crippen molar-refractivity contribution in [1.82, 2.24) is 4.98 Å². The van der Waals surface area contributed by atoms with Crippen molar-refractivity contribution in [3.63, 3.8) is 0 Å². The number of benzene rings is 1. The van der Waals surface area contributed by atoms with Gasteiger partial charge in [0.15, 0.2) is 0 Å². The average molecular weight is 226 g/mol. The van der Waals surface area contributed by atoms with Gasteiger partial charge >= 0.3 is 0 Å². The molecule has 0 spiro atoms. The smallest absolute Gasteiger partial charge is 0.0708 e. The standard InChI is InChI=1S/C15H18N2/c1-2-10-6-7-15-12(8-10)13(9-16)11-4-3-5-14(11)17-15/h6-8H,2-5,9,16H2,1H3. The summed E-state index contributed by atoms with van der Waals surface area (Å²) in [5.74, 6) is 0. The maximum Gasteiger partial charge on any atom is 0.0708 e. The minimum Gasteiger partial charge on any atom is -0.326 e. The second kappa shape index (κ2) is 4.11. The fourth-order valence-electron chi connectivity index (χ4n) is 2.86. The lowest BCUT2D eigenvalue weighted by Crippen LogP contribution is -2.04. The Bertz CT molecular complexity index is 573. The third kappa shape index (κ3) is 1.64. The van der Waals surface area contributed by atoms with Crippen molar-refractivity contribution in [3.05, 3.63) is 40.6 Å². The van der Waals surface area contributed by atoms with Gasteiger partial charge in [0.05, 0.1) is 5.52 Å². The van der Waals surface area contributed by atoms with Gasteiger partial charge in [-0.1, -0.05) is 13.0 Å². The molecule has 1 aliphatic rings. The van der Waals surface area contributed by atoms with Crippen LogP contribution in [0.4, 0.5) is 0 Å². The average Bonchev–Trinajstić information content (AvgIpc) is 2.82. The van der Waals surface area contributed by atoms with Crippen molar-refractivity contribution in [3.8, 4) is 0 Å². The van der Waals surface area contributed by atoms with Gasteiger partial charge in [0.1, 0.15) is 0 Å². The molecule has 2 N–H and O–H groups in total. The van der Waals surface area contributed by atoms with E-state index in [0.29, 0.717) is 6.54 Å². The van der Waals surface area contributed by atoms with Crippen molar-refractivity contribution < 1.29 is 0 Å². The molecule has 0 fully saturated rings. The van der Waals surface area contributed by atoms with E-state index in [2.05, 4.69) is 25.1 Å². The normalized spacial score (nSPS) is 14.2. The lowest BCUT2D eigenvalue weighted by molar-refractivity contribution is 0.896. The van der Waals surface area contributed by atoms with Gasteiger partial charge in [-0.15, -0.1) is 0 Å². The van der Waals surface area contributed by atoms with Crippen LogP contribution < -0.4 is 5.73 Å². The van der Waals surface area contributed by atoms with Crippen molar-refractivity contribution in [2.24, 2.45) is 5.73 Å². The molecular weight excluding hydrogens is 208 g/mol. The maximum absolute atomic E-state index is 5.95. The van der Waals surface area contributed by atoms with Crippen LogP contribution in [0.2, 0.25) is 0 Å². The summed E-state index contributed by atoms with van der Waals surface area (Å²) in [5.41, 5.74) is 12.5. The number of hydrogen-bond donors (Lipinski definition) is 1. The number of rotatable bonds is 2. The monoisotopic (exact) mass is 226 g/mol. The molecule has 0 amide bonds. The van der Waals surface area contributed by atoms with Crippen molar-refractivity contribution in [2.45, 2.75) is 39.2 Å². The molecule has 2 nitrogen and oxygen atoms in total. The van der Waals surface area contributed by atoms with E-state index in [4.69, 9.17) is 10.7 Å². The molecule has 17 heavy (non-hydrogen) atoms. The molecule has 1 aliphatic carbocycles. The zero-order valence-electron chi connectivity index (χ0n) is 10.3. The van der Waals surface area contributed by atoms with Gasteiger partial charge in [-0.2, -0.15) is 0 Å².